The zero-order valence-electron chi connectivity index (χ0n) is 18.4. The van der Waals surface area contributed by atoms with Gasteiger partial charge >= 0.3 is 22.2 Å². The molecule has 1 saturated carbocycles. The Morgan fingerprint density at radius 3 is 2.54 bits per heavy atom. The van der Waals surface area contributed by atoms with Gasteiger partial charge in [0.15, 0.2) is 4.96 Å². The van der Waals surface area contributed by atoms with Gasteiger partial charge in [0.05, 0.1) is 17.5 Å². The number of carboxylic acids is 1. The highest BCUT2D eigenvalue weighted by atomic mass is 32.2. The van der Waals surface area contributed by atoms with Crippen LogP contribution in [0.5, 0.6) is 5.88 Å². The standard InChI is InChI=1S/C22H21N3O8S2/c1-12-2-4-14(5-3-12)35(31,32)33-17-8-18(26)24-11-16(34-20(24)23-17)13-6-7-25(21(29)30)22(9-13)10-15(22)19(27)28/h2-5,8,11,13,15H,6-7,9-10H2,1H3,(H,27,28)(H,29,30)/t13-,15?,22?/m0/s1. The maximum atomic E-state index is 12.7. The second kappa shape index (κ2) is 8.05. The molecule has 0 radical (unpaired) electrons. The molecule has 2 N–H and O–H groups in total. The molecule has 184 valence electrons. The molecule has 0 bridgehead atoms. The molecule has 2 aromatic heterocycles. The second-order valence-electron chi connectivity index (χ2n) is 8.89. The lowest BCUT2D eigenvalue weighted by molar-refractivity contribution is -0.139. The fourth-order valence-corrected chi connectivity index (χ4v) is 6.80. The van der Waals surface area contributed by atoms with Crippen molar-refractivity contribution in [1.29, 1.82) is 0 Å². The number of amides is 1. The van der Waals surface area contributed by atoms with E-state index in [1.807, 2.05) is 6.92 Å². The van der Waals surface area contributed by atoms with Crippen LogP contribution < -0.4 is 9.74 Å². The molecule has 1 aliphatic heterocycles. The summed E-state index contributed by atoms with van der Waals surface area (Å²) in [6.07, 6.45) is 1.50. The van der Waals surface area contributed by atoms with Crippen LogP contribution in [0.25, 0.3) is 4.96 Å². The molecule has 2 aliphatic rings. The molecular weight excluding hydrogens is 498 g/mol. The predicted octanol–water partition coefficient (Wildman–Crippen LogP) is 2.53. The van der Waals surface area contributed by atoms with E-state index >= 15 is 0 Å². The summed E-state index contributed by atoms with van der Waals surface area (Å²) in [6.45, 7) is 2.00. The number of benzene rings is 1. The van der Waals surface area contributed by atoms with E-state index in [2.05, 4.69) is 4.98 Å². The van der Waals surface area contributed by atoms with Crippen LogP contribution >= 0.6 is 11.3 Å². The van der Waals surface area contributed by atoms with Gasteiger partial charge in [0.2, 0.25) is 5.88 Å². The molecule has 13 heteroatoms. The highest BCUT2D eigenvalue weighted by molar-refractivity contribution is 7.87. The van der Waals surface area contributed by atoms with Crippen LogP contribution in [0.15, 0.2) is 46.2 Å². The van der Waals surface area contributed by atoms with Crippen LogP contribution in [-0.4, -0.2) is 57.1 Å². The predicted molar refractivity (Wildman–Crippen MR) is 124 cm³/mol. The summed E-state index contributed by atoms with van der Waals surface area (Å²) in [7, 11) is -4.19. The van der Waals surface area contributed by atoms with Crippen molar-refractivity contribution in [2.45, 2.75) is 42.5 Å². The average molecular weight is 520 g/mol. The third-order valence-corrected chi connectivity index (χ3v) is 9.07. The number of aliphatic carboxylic acids is 1. The van der Waals surface area contributed by atoms with Crippen molar-refractivity contribution in [3.05, 3.63) is 57.3 Å². The molecule has 3 atom stereocenters. The number of piperidine rings is 1. The Kier molecular flexibility index (Phi) is 5.36. The minimum Gasteiger partial charge on any atom is -0.481 e. The van der Waals surface area contributed by atoms with Crippen LogP contribution in [0.2, 0.25) is 0 Å². The Bertz CT molecular complexity index is 1510. The number of thiazole rings is 1. The Labute approximate surface area is 203 Å². The maximum Gasteiger partial charge on any atom is 0.407 e. The van der Waals surface area contributed by atoms with Crippen LogP contribution in [0.1, 0.15) is 35.6 Å². The number of nitrogens with zero attached hydrogens (tertiary/aromatic N) is 3. The van der Waals surface area contributed by atoms with Gasteiger partial charge in [0.25, 0.3) is 5.56 Å². The van der Waals surface area contributed by atoms with Gasteiger partial charge in [-0.25, -0.2) is 4.79 Å². The molecule has 1 spiro atoms. The molecule has 1 amide bonds. The van der Waals surface area contributed by atoms with Gasteiger partial charge in [0, 0.05) is 17.6 Å². The Morgan fingerprint density at radius 2 is 1.91 bits per heavy atom. The van der Waals surface area contributed by atoms with Gasteiger partial charge in [0.1, 0.15) is 4.90 Å². The van der Waals surface area contributed by atoms with E-state index in [4.69, 9.17) is 4.18 Å². The molecule has 2 fully saturated rings. The van der Waals surface area contributed by atoms with Crippen LogP contribution in [0.4, 0.5) is 4.79 Å². The van der Waals surface area contributed by atoms with E-state index in [0.717, 1.165) is 16.5 Å². The van der Waals surface area contributed by atoms with E-state index in [1.54, 1.807) is 18.3 Å². The molecule has 35 heavy (non-hydrogen) atoms. The van der Waals surface area contributed by atoms with Crippen molar-refractivity contribution in [3.8, 4) is 5.88 Å². The first kappa shape index (κ1) is 23.3. The van der Waals surface area contributed by atoms with Crippen LogP contribution in [0.3, 0.4) is 0 Å². The molecule has 1 aromatic carbocycles. The van der Waals surface area contributed by atoms with E-state index < -0.39 is 39.2 Å². The van der Waals surface area contributed by atoms with Gasteiger partial charge in [-0.3, -0.25) is 14.0 Å². The second-order valence-corrected chi connectivity index (χ2v) is 11.5. The van der Waals surface area contributed by atoms with Gasteiger partial charge in [-0.1, -0.05) is 17.7 Å². The lowest BCUT2D eigenvalue weighted by Gasteiger charge is -2.38. The fourth-order valence-electron chi connectivity index (χ4n) is 4.81. The third-order valence-electron chi connectivity index (χ3n) is 6.68. The minimum absolute atomic E-state index is 0.0649. The third kappa shape index (κ3) is 4.04. The van der Waals surface area contributed by atoms with E-state index in [9.17, 15) is 33.0 Å². The van der Waals surface area contributed by atoms with Gasteiger partial charge < -0.3 is 19.3 Å². The van der Waals surface area contributed by atoms with Crippen molar-refractivity contribution < 1.29 is 32.4 Å². The molecule has 5 rings (SSSR count). The van der Waals surface area contributed by atoms with Crippen LogP contribution in [-0.2, 0) is 14.9 Å². The van der Waals surface area contributed by atoms with Gasteiger partial charge in [-0.15, -0.1) is 11.3 Å². The van der Waals surface area contributed by atoms with E-state index in [-0.39, 0.29) is 34.6 Å². The monoisotopic (exact) mass is 519 g/mol. The molecule has 3 heterocycles. The topological polar surface area (TPSA) is 156 Å². The average Bonchev–Trinajstić information content (AvgIpc) is 3.31. The zero-order chi connectivity index (χ0) is 25.1. The fraction of sp³-hybridized carbons (Fsp3) is 0.364. The van der Waals surface area contributed by atoms with Crippen molar-refractivity contribution in [2.24, 2.45) is 5.92 Å². The number of aryl methyl sites for hydroxylation is 1. The summed E-state index contributed by atoms with van der Waals surface area (Å²) in [5.74, 6) is -2.30. The first-order valence-corrected chi connectivity index (χ1v) is 13.0. The smallest absolute Gasteiger partial charge is 0.407 e. The maximum absolute atomic E-state index is 12.7. The lowest BCUT2D eigenvalue weighted by atomic mass is 9.87. The van der Waals surface area contributed by atoms with Gasteiger partial charge in [-0.05, 0) is 44.2 Å². The lowest BCUT2D eigenvalue weighted by Crippen LogP contribution is -2.48. The van der Waals surface area contributed by atoms with Gasteiger partial charge in [-0.2, -0.15) is 13.4 Å². The van der Waals surface area contributed by atoms with Crippen molar-refractivity contribution in [1.82, 2.24) is 14.3 Å². The van der Waals surface area contributed by atoms with E-state index in [1.165, 1.54) is 32.8 Å². The summed E-state index contributed by atoms with van der Waals surface area (Å²) in [5.41, 5.74) is -0.602. The molecule has 1 aliphatic carbocycles. The summed E-state index contributed by atoms with van der Waals surface area (Å²) < 4.78 is 31.6. The van der Waals surface area contributed by atoms with Crippen molar-refractivity contribution in [3.63, 3.8) is 0 Å². The Morgan fingerprint density at radius 1 is 1.20 bits per heavy atom. The van der Waals surface area contributed by atoms with Crippen molar-refractivity contribution in [2.75, 3.05) is 6.54 Å². The SMILES string of the molecule is Cc1ccc(S(=O)(=O)Oc2cc(=O)n3cc([C@H]4CCN(C(=O)O)C5(CC5C(=O)O)C4)sc3n2)cc1. The highest BCUT2D eigenvalue weighted by Crippen LogP contribution is 2.57. The van der Waals surface area contributed by atoms with Crippen molar-refractivity contribution >= 4 is 38.5 Å². The first-order chi connectivity index (χ1) is 16.5. The number of hydrogen-bond donors (Lipinski definition) is 2. The number of carboxylic acid groups (broad SMARTS) is 2. The quantitative estimate of drug-likeness (QED) is 0.484. The number of fused-ring (bicyclic) bond motifs is 1. The number of aromatic nitrogens is 2. The normalized spacial score (nSPS) is 24.0. The summed E-state index contributed by atoms with van der Waals surface area (Å²) in [5, 5.41) is 19.0. The highest BCUT2D eigenvalue weighted by Gasteiger charge is 2.65. The first-order valence-electron chi connectivity index (χ1n) is 10.8. The largest absolute Gasteiger partial charge is 0.481 e. The summed E-state index contributed by atoms with van der Waals surface area (Å²) in [4.78, 5) is 42.3. The molecule has 1 saturated heterocycles. The molecule has 2 unspecified atom stereocenters. The van der Waals surface area contributed by atoms with E-state index in [0.29, 0.717) is 12.8 Å². The van der Waals surface area contributed by atoms with Crippen LogP contribution in [0, 0.1) is 12.8 Å². The molecule has 11 nitrogen and oxygen atoms in total. The zero-order valence-corrected chi connectivity index (χ0v) is 20.1. The number of rotatable bonds is 5. The Hall–Kier alpha value is -3.45. The summed E-state index contributed by atoms with van der Waals surface area (Å²) >= 11 is 1.17. The number of carbonyl (C=O) groups is 2. The summed E-state index contributed by atoms with van der Waals surface area (Å²) in [6, 6.07) is 7.06. The Balaban J connectivity index is 1.43. The molecule has 3 aromatic rings. The minimum atomic E-state index is -4.19. The number of likely N-dealkylation sites (tertiary alicyclic amines) is 1. The molecular formula is C22H21N3O8S2. The number of hydrogen-bond acceptors (Lipinski definition) is 8.